The SMILES string of the molecule is Clc1ccc2c(NC3CCC3)ncnc2c1. The van der Waals surface area contributed by atoms with Crippen molar-refractivity contribution in [1.82, 2.24) is 9.97 Å². The number of hydrogen-bond acceptors (Lipinski definition) is 3. The van der Waals surface area contributed by atoms with Crippen LogP contribution in [0.3, 0.4) is 0 Å². The number of benzene rings is 1. The fourth-order valence-electron chi connectivity index (χ4n) is 1.89. The molecule has 3 rings (SSSR count). The molecule has 1 aliphatic rings. The van der Waals surface area contributed by atoms with E-state index in [-0.39, 0.29) is 0 Å². The van der Waals surface area contributed by atoms with Crippen molar-refractivity contribution in [3.63, 3.8) is 0 Å². The summed E-state index contributed by atoms with van der Waals surface area (Å²) in [5, 5.41) is 5.20. The summed E-state index contributed by atoms with van der Waals surface area (Å²) in [6, 6.07) is 6.29. The van der Waals surface area contributed by atoms with Gasteiger partial charge in [-0.3, -0.25) is 0 Å². The van der Waals surface area contributed by atoms with E-state index < -0.39 is 0 Å². The molecule has 0 spiro atoms. The first-order chi connectivity index (χ1) is 7.83. The number of hydrogen-bond donors (Lipinski definition) is 1. The van der Waals surface area contributed by atoms with Crippen LogP contribution in [0.2, 0.25) is 5.02 Å². The van der Waals surface area contributed by atoms with Gasteiger partial charge < -0.3 is 5.32 Å². The van der Waals surface area contributed by atoms with Gasteiger partial charge in [0.15, 0.2) is 0 Å². The number of aromatic nitrogens is 2. The largest absolute Gasteiger partial charge is 0.367 e. The zero-order valence-corrected chi connectivity index (χ0v) is 9.54. The topological polar surface area (TPSA) is 37.8 Å². The molecule has 4 heteroatoms. The second kappa shape index (κ2) is 3.91. The van der Waals surface area contributed by atoms with E-state index in [0.717, 1.165) is 16.7 Å². The van der Waals surface area contributed by atoms with E-state index in [0.29, 0.717) is 11.1 Å². The van der Waals surface area contributed by atoms with Gasteiger partial charge in [-0.1, -0.05) is 11.6 Å². The normalized spacial score (nSPS) is 16.1. The Bertz CT molecular complexity index is 523. The van der Waals surface area contributed by atoms with E-state index in [1.165, 1.54) is 19.3 Å². The number of anilines is 1. The van der Waals surface area contributed by atoms with Crippen LogP contribution in [0.5, 0.6) is 0 Å². The Morgan fingerprint density at radius 1 is 1.25 bits per heavy atom. The molecule has 0 aliphatic heterocycles. The fourth-order valence-corrected chi connectivity index (χ4v) is 2.06. The molecule has 3 nitrogen and oxygen atoms in total. The van der Waals surface area contributed by atoms with E-state index in [4.69, 9.17) is 11.6 Å². The van der Waals surface area contributed by atoms with Crippen molar-refractivity contribution >= 4 is 28.3 Å². The smallest absolute Gasteiger partial charge is 0.137 e. The molecule has 1 aromatic carbocycles. The molecule has 0 unspecified atom stereocenters. The third-order valence-electron chi connectivity index (χ3n) is 3.04. The number of rotatable bonds is 2. The number of nitrogens with one attached hydrogen (secondary N) is 1. The van der Waals surface area contributed by atoms with E-state index in [9.17, 15) is 0 Å². The molecule has 82 valence electrons. The molecule has 2 aromatic rings. The number of nitrogens with zero attached hydrogens (tertiary/aromatic N) is 2. The van der Waals surface area contributed by atoms with Crippen LogP contribution in [0.4, 0.5) is 5.82 Å². The molecule has 1 fully saturated rings. The summed E-state index contributed by atoms with van der Waals surface area (Å²) < 4.78 is 0. The summed E-state index contributed by atoms with van der Waals surface area (Å²) in [4.78, 5) is 8.51. The Kier molecular flexibility index (Phi) is 2.40. The van der Waals surface area contributed by atoms with E-state index in [1.807, 2.05) is 18.2 Å². The van der Waals surface area contributed by atoms with Gasteiger partial charge in [0.25, 0.3) is 0 Å². The first-order valence-electron chi connectivity index (χ1n) is 5.50. The van der Waals surface area contributed by atoms with Crippen LogP contribution >= 0.6 is 11.6 Å². The zero-order valence-electron chi connectivity index (χ0n) is 8.78. The Labute approximate surface area is 98.9 Å². The third-order valence-corrected chi connectivity index (χ3v) is 3.28. The van der Waals surface area contributed by atoms with Crippen LogP contribution in [0, 0.1) is 0 Å². The molecule has 0 bridgehead atoms. The first kappa shape index (κ1) is 9.85. The van der Waals surface area contributed by atoms with Crippen molar-refractivity contribution in [2.24, 2.45) is 0 Å². The van der Waals surface area contributed by atoms with Gasteiger partial charge >= 0.3 is 0 Å². The maximum atomic E-state index is 5.93. The van der Waals surface area contributed by atoms with Crippen molar-refractivity contribution in [2.45, 2.75) is 25.3 Å². The van der Waals surface area contributed by atoms with Crippen LogP contribution in [0.1, 0.15) is 19.3 Å². The molecule has 1 aromatic heterocycles. The number of fused-ring (bicyclic) bond motifs is 1. The minimum atomic E-state index is 0.578. The van der Waals surface area contributed by atoms with Crippen LogP contribution in [0.25, 0.3) is 10.9 Å². The summed E-state index contributed by atoms with van der Waals surface area (Å²) >= 11 is 5.93. The maximum Gasteiger partial charge on any atom is 0.137 e. The van der Waals surface area contributed by atoms with Crippen LogP contribution in [-0.4, -0.2) is 16.0 Å². The third kappa shape index (κ3) is 1.71. The Morgan fingerprint density at radius 2 is 2.12 bits per heavy atom. The van der Waals surface area contributed by atoms with Crippen LogP contribution in [-0.2, 0) is 0 Å². The van der Waals surface area contributed by atoms with Gasteiger partial charge in [-0.25, -0.2) is 9.97 Å². The van der Waals surface area contributed by atoms with Gasteiger partial charge in [0.2, 0.25) is 0 Å². The lowest BCUT2D eigenvalue weighted by atomic mass is 9.93. The second-order valence-electron chi connectivity index (χ2n) is 4.16. The summed E-state index contributed by atoms with van der Waals surface area (Å²) in [5.41, 5.74) is 0.893. The lowest BCUT2D eigenvalue weighted by Gasteiger charge is -2.27. The summed E-state index contributed by atoms with van der Waals surface area (Å²) in [7, 11) is 0. The molecule has 0 radical (unpaired) electrons. The summed E-state index contributed by atoms with van der Waals surface area (Å²) in [6.45, 7) is 0. The van der Waals surface area contributed by atoms with Gasteiger partial charge in [-0.15, -0.1) is 0 Å². The highest BCUT2D eigenvalue weighted by atomic mass is 35.5. The fraction of sp³-hybridized carbons (Fsp3) is 0.333. The average Bonchev–Trinajstić information content (AvgIpc) is 2.23. The van der Waals surface area contributed by atoms with E-state index in [2.05, 4.69) is 15.3 Å². The first-order valence-corrected chi connectivity index (χ1v) is 5.87. The molecule has 1 heterocycles. The minimum absolute atomic E-state index is 0.578. The van der Waals surface area contributed by atoms with Gasteiger partial charge in [0, 0.05) is 16.5 Å². The predicted octanol–water partition coefficient (Wildman–Crippen LogP) is 3.25. The molecule has 0 atom stereocenters. The van der Waals surface area contributed by atoms with Crippen LogP contribution < -0.4 is 5.32 Å². The Hall–Kier alpha value is -1.35. The molecule has 1 saturated carbocycles. The molecule has 1 aliphatic carbocycles. The van der Waals surface area contributed by atoms with Gasteiger partial charge in [-0.05, 0) is 37.5 Å². The zero-order chi connectivity index (χ0) is 11.0. The van der Waals surface area contributed by atoms with E-state index in [1.54, 1.807) is 6.33 Å². The molecule has 0 saturated heterocycles. The van der Waals surface area contributed by atoms with Gasteiger partial charge in [-0.2, -0.15) is 0 Å². The molecular formula is C12H12ClN3. The average molecular weight is 234 g/mol. The summed E-state index contributed by atoms with van der Waals surface area (Å²) in [5.74, 6) is 0.923. The van der Waals surface area contributed by atoms with Crippen molar-refractivity contribution in [3.05, 3.63) is 29.5 Å². The highest BCUT2D eigenvalue weighted by Gasteiger charge is 2.18. The molecule has 16 heavy (non-hydrogen) atoms. The quantitative estimate of drug-likeness (QED) is 0.865. The van der Waals surface area contributed by atoms with Crippen molar-refractivity contribution < 1.29 is 0 Å². The van der Waals surface area contributed by atoms with Gasteiger partial charge in [0.05, 0.1) is 5.52 Å². The van der Waals surface area contributed by atoms with Gasteiger partial charge in [0.1, 0.15) is 12.1 Å². The molecule has 0 amide bonds. The standard InChI is InChI=1S/C12H12ClN3/c13-8-4-5-10-11(6-8)14-7-15-12(10)16-9-2-1-3-9/h4-7,9H,1-3H2,(H,14,15,16). The molecular weight excluding hydrogens is 222 g/mol. The molecule has 1 N–H and O–H groups in total. The second-order valence-corrected chi connectivity index (χ2v) is 4.59. The Morgan fingerprint density at radius 3 is 2.88 bits per heavy atom. The van der Waals surface area contributed by atoms with Crippen molar-refractivity contribution in [2.75, 3.05) is 5.32 Å². The van der Waals surface area contributed by atoms with Crippen molar-refractivity contribution in [1.29, 1.82) is 0 Å². The lowest BCUT2D eigenvalue weighted by molar-refractivity contribution is 0.445. The Balaban J connectivity index is 2.02. The number of halogens is 1. The highest BCUT2D eigenvalue weighted by Crippen LogP contribution is 2.27. The van der Waals surface area contributed by atoms with Crippen molar-refractivity contribution in [3.8, 4) is 0 Å². The lowest BCUT2D eigenvalue weighted by Crippen LogP contribution is -2.27. The van der Waals surface area contributed by atoms with E-state index >= 15 is 0 Å². The monoisotopic (exact) mass is 233 g/mol. The minimum Gasteiger partial charge on any atom is -0.367 e. The summed E-state index contributed by atoms with van der Waals surface area (Å²) in [6.07, 6.45) is 5.37. The highest BCUT2D eigenvalue weighted by molar-refractivity contribution is 6.31. The predicted molar refractivity (Wildman–Crippen MR) is 65.8 cm³/mol. The maximum absolute atomic E-state index is 5.93. The van der Waals surface area contributed by atoms with Crippen LogP contribution in [0.15, 0.2) is 24.5 Å².